The van der Waals surface area contributed by atoms with Crippen molar-refractivity contribution in [2.75, 3.05) is 6.54 Å². The summed E-state index contributed by atoms with van der Waals surface area (Å²) >= 11 is 11.7. The van der Waals surface area contributed by atoms with E-state index in [1.165, 1.54) is 12.5 Å². The molecule has 106 valence electrons. The van der Waals surface area contributed by atoms with Crippen molar-refractivity contribution in [3.63, 3.8) is 0 Å². The van der Waals surface area contributed by atoms with Gasteiger partial charge in [0.2, 0.25) is 0 Å². The lowest BCUT2D eigenvalue weighted by molar-refractivity contribution is 0.0942. The number of nitrogens with one attached hydrogen (secondary N) is 1. The maximum atomic E-state index is 11.6. The fraction of sp³-hybridized carbons (Fsp3) is 0.214. The lowest BCUT2D eigenvalue weighted by Crippen LogP contribution is -2.25. The van der Waals surface area contributed by atoms with Gasteiger partial charge in [-0.05, 0) is 30.2 Å². The van der Waals surface area contributed by atoms with Gasteiger partial charge >= 0.3 is 0 Å². The van der Waals surface area contributed by atoms with E-state index < -0.39 is 6.10 Å². The maximum absolute atomic E-state index is 11.6. The lowest BCUT2D eigenvalue weighted by Gasteiger charge is -2.12. The molecule has 1 amide bonds. The van der Waals surface area contributed by atoms with Crippen LogP contribution in [0.4, 0.5) is 0 Å². The first-order valence-electron chi connectivity index (χ1n) is 6.01. The van der Waals surface area contributed by atoms with E-state index in [-0.39, 0.29) is 5.91 Å². The summed E-state index contributed by atoms with van der Waals surface area (Å²) in [5.41, 5.74) is 1.12. The molecule has 0 spiro atoms. The number of benzene rings is 1. The molecule has 0 aliphatic heterocycles. The zero-order valence-electron chi connectivity index (χ0n) is 10.5. The van der Waals surface area contributed by atoms with Crippen LogP contribution in [0.5, 0.6) is 0 Å². The smallest absolute Gasteiger partial charge is 0.254 e. The lowest BCUT2D eigenvalue weighted by atomic mass is 10.1. The van der Waals surface area contributed by atoms with Gasteiger partial charge in [0.25, 0.3) is 5.91 Å². The Hall–Kier alpha value is -1.49. The molecule has 20 heavy (non-hydrogen) atoms. The number of halogens is 2. The third-order valence-electron chi connectivity index (χ3n) is 2.82. The highest BCUT2D eigenvalue weighted by Gasteiger charge is 2.11. The summed E-state index contributed by atoms with van der Waals surface area (Å²) in [5.74, 6) is -0.236. The van der Waals surface area contributed by atoms with Crippen molar-refractivity contribution in [1.82, 2.24) is 5.32 Å². The molecule has 0 unspecified atom stereocenters. The van der Waals surface area contributed by atoms with Crippen LogP contribution in [-0.4, -0.2) is 17.6 Å². The molecule has 0 bridgehead atoms. The number of aliphatic hydroxyl groups excluding tert-OH is 1. The predicted octanol–water partition coefficient (Wildman–Crippen LogP) is 3.44. The summed E-state index contributed by atoms with van der Waals surface area (Å²) in [6.07, 6.45) is 2.46. The zero-order chi connectivity index (χ0) is 14.5. The van der Waals surface area contributed by atoms with Gasteiger partial charge in [-0.15, -0.1) is 0 Å². The Kier molecular flexibility index (Phi) is 5.06. The molecule has 4 nitrogen and oxygen atoms in total. The molecule has 0 fully saturated rings. The molecule has 0 saturated carbocycles. The van der Waals surface area contributed by atoms with Crippen molar-refractivity contribution < 1.29 is 14.3 Å². The predicted molar refractivity (Wildman–Crippen MR) is 77.1 cm³/mol. The molecule has 0 aliphatic rings. The molecule has 0 radical (unpaired) electrons. The van der Waals surface area contributed by atoms with Gasteiger partial charge in [-0.2, -0.15) is 0 Å². The van der Waals surface area contributed by atoms with Gasteiger partial charge < -0.3 is 14.8 Å². The molecule has 1 aromatic carbocycles. The normalized spacial score (nSPS) is 12.2. The number of furan rings is 1. The first kappa shape index (κ1) is 14.9. The first-order valence-corrected chi connectivity index (χ1v) is 6.77. The van der Waals surface area contributed by atoms with E-state index in [9.17, 15) is 9.90 Å². The second-order valence-corrected chi connectivity index (χ2v) is 5.06. The fourth-order valence-electron chi connectivity index (χ4n) is 1.70. The van der Waals surface area contributed by atoms with Crippen LogP contribution < -0.4 is 5.32 Å². The molecule has 1 aromatic heterocycles. The fourth-order valence-corrected chi connectivity index (χ4v) is 2.01. The van der Waals surface area contributed by atoms with E-state index >= 15 is 0 Å². The standard InChI is InChI=1S/C14H13Cl2NO3/c15-11-2-1-9(7-12(11)16)13(18)3-5-17-14(19)10-4-6-20-8-10/h1-2,4,6-8,13,18H,3,5H2,(H,17,19)/t13-/m0/s1. The molecule has 1 heterocycles. The van der Waals surface area contributed by atoms with Crippen molar-refractivity contribution in [3.8, 4) is 0 Å². The molecule has 2 N–H and O–H groups in total. The van der Waals surface area contributed by atoms with Crippen molar-refractivity contribution in [2.24, 2.45) is 0 Å². The summed E-state index contributed by atoms with van der Waals surface area (Å²) in [6, 6.07) is 6.53. The summed E-state index contributed by atoms with van der Waals surface area (Å²) < 4.78 is 4.82. The highest BCUT2D eigenvalue weighted by atomic mass is 35.5. The van der Waals surface area contributed by atoms with Crippen molar-refractivity contribution >= 4 is 29.1 Å². The Bertz CT molecular complexity index is 584. The summed E-state index contributed by atoms with van der Waals surface area (Å²) in [7, 11) is 0. The quantitative estimate of drug-likeness (QED) is 0.888. The minimum atomic E-state index is -0.714. The summed E-state index contributed by atoms with van der Waals surface area (Å²) in [6.45, 7) is 0.339. The summed E-state index contributed by atoms with van der Waals surface area (Å²) in [4.78, 5) is 11.6. The van der Waals surface area contributed by atoms with E-state index in [1.54, 1.807) is 24.3 Å². The average Bonchev–Trinajstić information content (AvgIpc) is 2.95. The van der Waals surface area contributed by atoms with Crippen LogP contribution in [0.3, 0.4) is 0 Å². The topological polar surface area (TPSA) is 62.5 Å². The largest absolute Gasteiger partial charge is 0.472 e. The number of carbonyl (C=O) groups excluding carboxylic acids is 1. The average molecular weight is 314 g/mol. The number of aliphatic hydroxyl groups is 1. The van der Waals surface area contributed by atoms with Crippen LogP contribution in [0.15, 0.2) is 41.2 Å². The molecular weight excluding hydrogens is 301 g/mol. The molecule has 2 rings (SSSR count). The number of amides is 1. The third kappa shape index (κ3) is 3.76. The van der Waals surface area contributed by atoms with E-state index in [0.717, 1.165) is 0 Å². The SMILES string of the molecule is O=C(NCC[C@H](O)c1ccc(Cl)c(Cl)c1)c1ccoc1. The Labute approximate surface area is 126 Å². The third-order valence-corrected chi connectivity index (χ3v) is 3.55. The first-order chi connectivity index (χ1) is 9.58. The summed E-state index contributed by atoms with van der Waals surface area (Å²) in [5, 5.41) is 13.5. The Morgan fingerprint density at radius 2 is 2.10 bits per heavy atom. The van der Waals surface area contributed by atoms with Gasteiger partial charge in [-0.1, -0.05) is 29.3 Å². The molecule has 1 atom stereocenters. The van der Waals surface area contributed by atoms with Gasteiger partial charge in [-0.25, -0.2) is 0 Å². The van der Waals surface area contributed by atoms with Gasteiger partial charge in [0, 0.05) is 6.54 Å². The molecule has 0 saturated heterocycles. The van der Waals surface area contributed by atoms with Gasteiger partial charge in [-0.3, -0.25) is 4.79 Å². The Balaban J connectivity index is 1.84. The molecule has 2 aromatic rings. The van der Waals surface area contributed by atoms with E-state index in [2.05, 4.69) is 5.32 Å². The molecule has 0 aliphatic carbocycles. The van der Waals surface area contributed by atoms with Crippen LogP contribution >= 0.6 is 23.2 Å². The van der Waals surface area contributed by atoms with Crippen LogP contribution in [0, 0.1) is 0 Å². The Morgan fingerprint density at radius 1 is 1.30 bits per heavy atom. The van der Waals surface area contributed by atoms with Crippen molar-refractivity contribution in [3.05, 3.63) is 58.0 Å². The van der Waals surface area contributed by atoms with Crippen molar-refractivity contribution in [1.29, 1.82) is 0 Å². The Morgan fingerprint density at radius 3 is 2.75 bits per heavy atom. The second kappa shape index (κ2) is 6.79. The van der Waals surface area contributed by atoms with Crippen molar-refractivity contribution in [2.45, 2.75) is 12.5 Å². The zero-order valence-corrected chi connectivity index (χ0v) is 12.0. The van der Waals surface area contributed by atoms with E-state index in [0.29, 0.717) is 34.1 Å². The van der Waals surface area contributed by atoms with Gasteiger partial charge in [0.1, 0.15) is 6.26 Å². The molecular formula is C14H13Cl2NO3. The van der Waals surface area contributed by atoms with Crippen LogP contribution in [0.25, 0.3) is 0 Å². The minimum Gasteiger partial charge on any atom is -0.472 e. The van der Waals surface area contributed by atoms with Gasteiger partial charge in [0.05, 0.1) is 28.0 Å². The second-order valence-electron chi connectivity index (χ2n) is 4.25. The number of carbonyl (C=O) groups is 1. The highest BCUT2D eigenvalue weighted by Crippen LogP contribution is 2.26. The number of hydrogen-bond acceptors (Lipinski definition) is 3. The van der Waals surface area contributed by atoms with Crippen LogP contribution in [0.2, 0.25) is 10.0 Å². The number of rotatable bonds is 5. The maximum Gasteiger partial charge on any atom is 0.254 e. The molecule has 6 heteroatoms. The van der Waals surface area contributed by atoms with Gasteiger partial charge in [0.15, 0.2) is 0 Å². The van der Waals surface area contributed by atoms with Crippen LogP contribution in [-0.2, 0) is 0 Å². The highest BCUT2D eigenvalue weighted by molar-refractivity contribution is 6.42. The van der Waals surface area contributed by atoms with E-state index in [4.69, 9.17) is 27.6 Å². The van der Waals surface area contributed by atoms with Crippen LogP contribution in [0.1, 0.15) is 28.4 Å². The van der Waals surface area contributed by atoms with E-state index in [1.807, 2.05) is 0 Å². The minimum absolute atomic E-state index is 0.236. The monoisotopic (exact) mass is 313 g/mol. The number of hydrogen-bond donors (Lipinski definition) is 2.